The van der Waals surface area contributed by atoms with Crippen LogP contribution in [0.3, 0.4) is 0 Å². The van der Waals surface area contributed by atoms with E-state index in [-0.39, 0.29) is 11.8 Å². The molecule has 2 atom stereocenters. The summed E-state index contributed by atoms with van der Waals surface area (Å²) in [6.07, 6.45) is 1.50. The molecule has 0 aromatic heterocycles. The zero-order chi connectivity index (χ0) is 16.1. The van der Waals surface area contributed by atoms with E-state index in [4.69, 9.17) is 9.84 Å². The van der Waals surface area contributed by atoms with E-state index in [1.54, 1.807) is 31.2 Å². The summed E-state index contributed by atoms with van der Waals surface area (Å²) in [7, 11) is 0. The van der Waals surface area contributed by atoms with Gasteiger partial charge in [-0.25, -0.2) is 4.79 Å². The number of carboxylic acid groups (broad SMARTS) is 1. The zero-order valence-corrected chi connectivity index (χ0v) is 12.4. The molecule has 0 aliphatic heterocycles. The van der Waals surface area contributed by atoms with Crippen molar-refractivity contribution in [1.29, 1.82) is 0 Å². The number of aliphatic carboxylic acids is 1. The maximum absolute atomic E-state index is 12.1. The lowest BCUT2D eigenvalue weighted by atomic mass is 10.0. The molecule has 6 nitrogen and oxygen atoms in total. The Kier molecular flexibility index (Phi) is 5.14. The van der Waals surface area contributed by atoms with Gasteiger partial charge in [-0.1, -0.05) is 0 Å². The topological polar surface area (TPSA) is 92.7 Å². The molecule has 0 spiro atoms. The second-order valence-corrected chi connectivity index (χ2v) is 5.33. The van der Waals surface area contributed by atoms with Crippen molar-refractivity contribution in [3.05, 3.63) is 29.8 Å². The fourth-order valence-electron chi connectivity index (χ4n) is 2.59. The van der Waals surface area contributed by atoms with Crippen LogP contribution < -0.4 is 5.32 Å². The minimum atomic E-state index is -0.839. The first-order valence-electron chi connectivity index (χ1n) is 7.32. The van der Waals surface area contributed by atoms with Gasteiger partial charge in [0.25, 0.3) is 0 Å². The minimum Gasteiger partial charge on any atom is -0.481 e. The molecule has 1 saturated carbocycles. The number of esters is 1. The van der Waals surface area contributed by atoms with Gasteiger partial charge in [-0.3, -0.25) is 9.59 Å². The molecule has 0 bridgehead atoms. The van der Waals surface area contributed by atoms with Gasteiger partial charge in [0, 0.05) is 11.6 Å². The third-order valence-corrected chi connectivity index (χ3v) is 3.82. The highest BCUT2D eigenvalue weighted by Crippen LogP contribution is 2.31. The number of carboxylic acids is 1. The van der Waals surface area contributed by atoms with Crippen LogP contribution in [-0.2, 0) is 14.3 Å². The Labute approximate surface area is 128 Å². The van der Waals surface area contributed by atoms with Crippen molar-refractivity contribution in [3.63, 3.8) is 0 Å². The molecular weight excluding hydrogens is 286 g/mol. The molecule has 2 unspecified atom stereocenters. The van der Waals surface area contributed by atoms with Gasteiger partial charge < -0.3 is 15.2 Å². The lowest BCUT2D eigenvalue weighted by Crippen LogP contribution is -2.21. The summed E-state index contributed by atoms with van der Waals surface area (Å²) < 4.78 is 4.88. The molecule has 1 fully saturated rings. The zero-order valence-electron chi connectivity index (χ0n) is 12.4. The normalized spacial score (nSPS) is 20.4. The van der Waals surface area contributed by atoms with E-state index >= 15 is 0 Å². The summed E-state index contributed by atoms with van der Waals surface area (Å²) in [6.45, 7) is 2.04. The molecule has 1 amide bonds. The first-order valence-corrected chi connectivity index (χ1v) is 7.32. The number of ether oxygens (including phenoxy) is 1. The van der Waals surface area contributed by atoms with Crippen molar-refractivity contribution < 1.29 is 24.2 Å². The summed E-state index contributed by atoms with van der Waals surface area (Å²) in [5.74, 6) is -2.12. The van der Waals surface area contributed by atoms with Crippen LogP contribution in [-0.4, -0.2) is 29.6 Å². The van der Waals surface area contributed by atoms with Crippen molar-refractivity contribution in [3.8, 4) is 0 Å². The summed E-state index contributed by atoms with van der Waals surface area (Å²) in [6, 6.07) is 6.44. The fourth-order valence-corrected chi connectivity index (χ4v) is 2.59. The van der Waals surface area contributed by atoms with Crippen molar-refractivity contribution in [2.75, 3.05) is 11.9 Å². The quantitative estimate of drug-likeness (QED) is 0.814. The molecule has 1 aliphatic carbocycles. The highest BCUT2D eigenvalue weighted by atomic mass is 16.5. The van der Waals surface area contributed by atoms with E-state index in [1.165, 1.54) is 0 Å². The van der Waals surface area contributed by atoms with Gasteiger partial charge in [-0.15, -0.1) is 0 Å². The van der Waals surface area contributed by atoms with E-state index in [0.717, 1.165) is 0 Å². The maximum atomic E-state index is 12.1. The van der Waals surface area contributed by atoms with Gasteiger partial charge in [0.05, 0.1) is 18.1 Å². The largest absolute Gasteiger partial charge is 0.481 e. The minimum absolute atomic E-state index is 0.173. The van der Waals surface area contributed by atoms with Gasteiger partial charge in [-0.05, 0) is 50.5 Å². The number of anilines is 1. The van der Waals surface area contributed by atoms with Crippen LogP contribution in [0.1, 0.15) is 36.5 Å². The van der Waals surface area contributed by atoms with Crippen LogP contribution >= 0.6 is 0 Å². The van der Waals surface area contributed by atoms with E-state index in [1.807, 2.05) is 0 Å². The van der Waals surface area contributed by atoms with Crippen LogP contribution in [0.2, 0.25) is 0 Å². The highest BCUT2D eigenvalue weighted by molar-refractivity contribution is 5.94. The van der Waals surface area contributed by atoms with Crippen molar-refractivity contribution >= 4 is 23.5 Å². The molecule has 0 radical (unpaired) electrons. The Morgan fingerprint density at radius 3 is 2.36 bits per heavy atom. The van der Waals surface area contributed by atoms with Gasteiger partial charge >= 0.3 is 11.9 Å². The highest BCUT2D eigenvalue weighted by Gasteiger charge is 2.33. The monoisotopic (exact) mass is 305 g/mol. The van der Waals surface area contributed by atoms with Gasteiger partial charge in [-0.2, -0.15) is 0 Å². The summed E-state index contributed by atoms with van der Waals surface area (Å²) in [5.41, 5.74) is 1.00. The van der Waals surface area contributed by atoms with E-state index < -0.39 is 17.9 Å². The molecular formula is C16H19NO5. The number of nitrogens with one attached hydrogen (secondary N) is 1. The van der Waals surface area contributed by atoms with Gasteiger partial charge in [0.15, 0.2) is 0 Å². The van der Waals surface area contributed by atoms with E-state index in [9.17, 15) is 14.4 Å². The first-order chi connectivity index (χ1) is 10.5. The maximum Gasteiger partial charge on any atom is 0.338 e. The van der Waals surface area contributed by atoms with Crippen molar-refractivity contribution in [2.24, 2.45) is 11.8 Å². The molecule has 22 heavy (non-hydrogen) atoms. The SMILES string of the molecule is CCOC(=O)c1ccc(NC(=O)C2CCC(C(=O)O)C2)cc1. The fraction of sp³-hybridized carbons (Fsp3) is 0.438. The third kappa shape index (κ3) is 3.84. The second-order valence-electron chi connectivity index (χ2n) is 5.33. The average Bonchev–Trinajstić information content (AvgIpc) is 2.98. The number of rotatable bonds is 5. The standard InChI is InChI=1S/C16H19NO5/c1-2-22-16(21)10-5-7-13(8-6-10)17-14(18)11-3-4-12(9-11)15(19)20/h5-8,11-12H,2-4,9H2,1H3,(H,17,18)(H,19,20). The molecule has 1 aliphatic rings. The Hall–Kier alpha value is -2.37. The van der Waals surface area contributed by atoms with Crippen molar-refractivity contribution in [1.82, 2.24) is 0 Å². The molecule has 0 heterocycles. The predicted molar refractivity (Wildman–Crippen MR) is 79.5 cm³/mol. The molecule has 6 heteroatoms. The summed E-state index contributed by atoms with van der Waals surface area (Å²) in [4.78, 5) is 34.5. The molecule has 0 saturated heterocycles. The summed E-state index contributed by atoms with van der Waals surface area (Å²) >= 11 is 0. The number of hydrogen-bond donors (Lipinski definition) is 2. The molecule has 2 rings (SSSR count). The lowest BCUT2D eigenvalue weighted by molar-refractivity contribution is -0.141. The predicted octanol–water partition coefficient (Wildman–Crippen LogP) is 2.30. The van der Waals surface area contributed by atoms with Crippen molar-refractivity contribution in [2.45, 2.75) is 26.2 Å². The van der Waals surface area contributed by atoms with E-state index in [2.05, 4.69) is 5.32 Å². The van der Waals surface area contributed by atoms with Gasteiger partial charge in [0.1, 0.15) is 0 Å². The van der Waals surface area contributed by atoms with Gasteiger partial charge in [0.2, 0.25) is 5.91 Å². The number of benzene rings is 1. The Morgan fingerprint density at radius 2 is 1.82 bits per heavy atom. The Bertz CT molecular complexity index is 566. The van der Waals surface area contributed by atoms with Crippen LogP contribution in [0, 0.1) is 11.8 Å². The summed E-state index contributed by atoms with van der Waals surface area (Å²) in [5, 5.41) is 11.7. The first kappa shape index (κ1) is 16.0. The van der Waals surface area contributed by atoms with Crippen LogP contribution in [0.5, 0.6) is 0 Å². The Balaban J connectivity index is 1.92. The third-order valence-electron chi connectivity index (χ3n) is 3.82. The second kappa shape index (κ2) is 7.06. The molecule has 1 aromatic carbocycles. The Morgan fingerprint density at radius 1 is 1.18 bits per heavy atom. The number of carbonyl (C=O) groups is 3. The molecule has 1 aromatic rings. The smallest absolute Gasteiger partial charge is 0.338 e. The average molecular weight is 305 g/mol. The number of amides is 1. The van der Waals surface area contributed by atoms with Crippen LogP contribution in [0.25, 0.3) is 0 Å². The number of carbonyl (C=O) groups excluding carboxylic acids is 2. The number of hydrogen-bond acceptors (Lipinski definition) is 4. The van der Waals surface area contributed by atoms with E-state index in [0.29, 0.717) is 37.1 Å². The lowest BCUT2D eigenvalue weighted by Gasteiger charge is -2.11. The van der Waals surface area contributed by atoms with Crippen LogP contribution in [0.4, 0.5) is 5.69 Å². The van der Waals surface area contributed by atoms with Crippen LogP contribution in [0.15, 0.2) is 24.3 Å². The molecule has 2 N–H and O–H groups in total. The molecule has 118 valence electrons.